The predicted octanol–water partition coefficient (Wildman–Crippen LogP) is 3.76. The van der Waals surface area contributed by atoms with Crippen molar-refractivity contribution in [2.45, 2.75) is 40.0 Å². The Morgan fingerprint density at radius 3 is 2.29 bits per heavy atom. The molecule has 80 valence electrons. The quantitative estimate of drug-likeness (QED) is 0.342. The first-order chi connectivity index (χ1) is 6.66. The van der Waals surface area contributed by atoms with E-state index in [1.807, 2.05) is 6.08 Å². The predicted molar refractivity (Wildman–Crippen MR) is 62.2 cm³/mol. The third-order valence-corrected chi connectivity index (χ3v) is 2.18. The lowest BCUT2D eigenvalue weighted by atomic mass is 9.99. The Morgan fingerprint density at radius 2 is 1.71 bits per heavy atom. The van der Waals surface area contributed by atoms with Crippen molar-refractivity contribution >= 4 is 6.29 Å². The van der Waals surface area contributed by atoms with Gasteiger partial charge in [-0.1, -0.05) is 51.8 Å². The van der Waals surface area contributed by atoms with Gasteiger partial charge in [-0.05, 0) is 24.3 Å². The summed E-state index contributed by atoms with van der Waals surface area (Å²) < 4.78 is 0. The monoisotopic (exact) mass is 194 g/mol. The molecule has 1 unspecified atom stereocenters. The second-order valence-corrected chi connectivity index (χ2v) is 4.21. The van der Waals surface area contributed by atoms with Crippen LogP contribution in [0, 0.1) is 11.8 Å². The minimum absolute atomic E-state index is 0.616. The number of hydrogen-bond acceptors (Lipinski definition) is 1. The summed E-state index contributed by atoms with van der Waals surface area (Å²) in [6.45, 7) is 6.73. The van der Waals surface area contributed by atoms with Gasteiger partial charge in [-0.15, -0.1) is 0 Å². The maximum absolute atomic E-state index is 9.98. The number of carbonyl (C=O) groups excluding carboxylic acids is 1. The standard InChI is InChI=1S/C13H22O/c1-12(2)8-7-10-13(3)9-5-4-6-11-14/h4-6,9,11-13H,7-8,10H2,1-3H3. The average molecular weight is 194 g/mol. The third kappa shape index (κ3) is 9.24. The van der Waals surface area contributed by atoms with Crippen molar-refractivity contribution in [3.8, 4) is 0 Å². The molecule has 0 aromatic heterocycles. The van der Waals surface area contributed by atoms with Crippen LogP contribution in [0.1, 0.15) is 40.0 Å². The molecule has 0 aromatic carbocycles. The third-order valence-electron chi connectivity index (χ3n) is 2.18. The molecule has 0 aromatic rings. The lowest BCUT2D eigenvalue weighted by molar-refractivity contribution is -0.104. The van der Waals surface area contributed by atoms with E-state index in [9.17, 15) is 4.79 Å². The van der Waals surface area contributed by atoms with Crippen molar-refractivity contribution in [1.29, 1.82) is 0 Å². The minimum Gasteiger partial charge on any atom is -0.299 e. The molecule has 0 radical (unpaired) electrons. The second kappa shape index (κ2) is 8.74. The molecule has 0 spiro atoms. The smallest absolute Gasteiger partial charge is 0.142 e. The highest BCUT2D eigenvalue weighted by molar-refractivity contribution is 5.65. The number of hydrogen-bond donors (Lipinski definition) is 0. The van der Waals surface area contributed by atoms with E-state index >= 15 is 0 Å². The molecule has 1 atom stereocenters. The SMILES string of the molecule is CC(C)CCCC(C)C=CC=CC=O. The van der Waals surface area contributed by atoms with E-state index in [-0.39, 0.29) is 0 Å². The van der Waals surface area contributed by atoms with Gasteiger partial charge in [0.1, 0.15) is 6.29 Å². The van der Waals surface area contributed by atoms with Gasteiger partial charge < -0.3 is 0 Å². The number of aldehydes is 1. The summed E-state index contributed by atoms with van der Waals surface area (Å²) in [5.74, 6) is 1.42. The van der Waals surface area contributed by atoms with Crippen LogP contribution in [-0.2, 0) is 4.79 Å². The van der Waals surface area contributed by atoms with Crippen LogP contribution in [0.5, 0.6) is 0 Å². The Morgan fingerprint density at radius 1 is 1.00 bits per heavy atom. The van der Waals surface area contributed by atoms with Crippen molar-refractivity contribution in [3.05, 3.63) is 24.3 Å². The minimum atomic E-state index is 0.616. The molecular weight excluding hydrogens is 172 g/mol. The van der Waals surface area contributed by atoms with Crippen LogP contribution in [0.4, 0.5) is 0 Å². The molecule has 0 rings (SSSR count). The zero-order valence-corrected chi connectivity index (χ0v) is 9.57. The van der Waals surface area contributed by atoms with E-state index in [0.29, 0.717) is 5.92 Å². The Bertz CT molecular complexity index is 189. The van der Waals surface area contributed by atoms with Gasteiger partial charge in [0.05, 0.1) is 0 Å². The highest BCUT2D eigenvalue weighted by atomic mass is 16.1. The molecule has 0 saturated carbocycles. The van der Waals surface area contributed by atoms with Crippen LogP contribution in [0.2, 0.25) is 0 Å². The molecule has 0 aliphatic carbocycles. The number of rotatable bonds is 7. The van der Waals surface area contributed by atoms with Gasteiger partial charge in [0.15, 0.2) is 0 Å². The van der Waals surface area contributed by atoms with E-state index < -0.39 is 0 Å². The van der Waals surface area contributed by atoms with Crippen molar-refractivity contribution in [3.63, 3.8) is 0 Å². The van der Waals surface area contributed by atoms with E-state index in [1.54, 1.807) is 6.08 Å². The van der Waals surface area contributed by atoms with Gasteiger partial charge in [-0.25, -0.2) is 0 Å². The van der Waals surface area contributed by atoms with Crippen molar-refractivity contribution in [1.82, 2.24) is 0 Å². The average Bonchev–Trinajstić information content (AvgIpc) is 2.12. The molecule has 0 aliphatic rings. The van der Waals surface area contributed by atoms with Crippen LogP contribution in [0.25, 0.3) is 0 Å². The summed E-state index contributed by atoms with van der Waals surface area (Å²) >= 11 is 0. The van der Waals surface area contributed by atoms with Crippen LogP contribution < -0.4 is 0 Å². The first-order valence-electron chi connectivity index (χ1n) is 5.45. The Balaban J connectivity index is 3.54. The molecule has 0 aliphatic heterocycles. The van der Waals surface area contributed by atoms with Crippen molar-refractivity contribution in [2.24, 2.45) is 11.8 Å². The summed E-state index contributed by atoms with van der Waals surface area (Å²) in [5.41, 5.74) is 0. The van der Waals surface area contributed by atoms with Crippen LogP contribution in [0.15, 0.2) is 24.3 Å². The zero-order valence-electron chi connectivity index (χ0n) is 9.57. The molecule has 0 amide bonds. The molecule has 0 fully saturated rings. The molecule has 0 bridgehead atoms. The van der Waals surface area contributed by atoms with Crippen molar-refractivity contribution < 1.29 is 4.79 Å². The van der Waals surface area contributed by atoms with Crippen LogP contribution >= 0.6 is 0 Å². The molecule has 0 heterocycles. The van der Waals surface area contributed by atoms with Crippen LogP contribution in [0.3, 0.4) is 0 Å². The Labute approximate surface area is 87.9 Å². The first-order valence-corrected chi connectivity index (χ1v) is 5.45. The zero-order chi connectivity index (χ0) is 10.8. The molecule has 0 saturated heterocycles. The van der Waals surface area contributed by atoms with E-state index in [4.69, 9.17) is 0 Å². The van der Waals surface area contributed by atoms with Crippen molar-refractivity contribution in [2.75, 3.05) is 0 Å². The maximum Gasteiger partial charge on any atom is 0.142 e. The van der Waals surface area contributed by atoms with Crippen LogP contribution in [-0.4, -0.2) is 6.29 Å². The highest BCUT2D eigenvalue weighted by Gasteiger charge is 1.98. The summed E-state index contributed by atoms with van der Waals surface area (Å²) in [6.07, 6.45) is 12.0. The Hall–Kier alpha value is -0.850. The summed E-state index contributed by atoms with van der Waals surface area (Å²) in [5, 5.41) is 0. The van der Waals surface area contributed by atoms with E-state index in [0.717, 1.165) is 12.2 Å². The molecule has 1 nitrogen and oxygen atoms in total. The van der Waals surface area contributed by atoms with Gasteiger partial charge >= 0.3 is 0 Å². The molecule has 0 N–H and O–H groups in total. The topological polar surface area (TPSA) is 17.1 Å². The largest absolute Gasteiger partial charge is 0.299 e. The molecule has 14 heavy (non-hydrogen) atoms. The normalized spacial score (nSPS) is 14.3. The number of carbonyl (C=O) groups is 1. The summed E-state index contributed by atoms with van der Waals surface area (Å²) in [6, 6.07) is 0. The fourth-order valence-corrected chi connectivity index (χ4v) is 1.31. The lowest BCUT2D eigenvalue weighted by Crippen LogP contribution is -1.92. The molecular formula is C13H22O. The summed E-state index contributed by atoms with van der Waals surface area (Å²) in [7, 11) is 0. The number of allylic oxidation sites excluding steroid dienone is 4. The summed E-state index contributed by atoms with van der Waals surface area (Å²) in [4.78, 5) is 9.98. The fraction of sp³-hybridized carbons (Fsp3) is 0.615. The maximum atomic E-state index is 9.98. The first kappa shape index (κ1) is 13.2. The van der Waals surface area contributed by atoms with E-state index in [2.05, 4.69) is 26.8 Å². The van der Waals surface area contributed by atoms with E-state index in [1.165, 1.54) is 25.3 Å². The van der Waals surface area contributed by atoms with Gasteiger partial charge in [0.25, 0.3) is 0 Å². The van der Waals surface area contributed by atoms with Gasteiger partial charge in [0.2, 0.25) is 0 Å². The van der Waals surface area contributed by atoms with Gasteiger partial charge in [0, 0.05) is 0 Å². The Kier molecular flexibility index (Phi) is 8.20. The highest BCUT2D eigenvalue weighted by Crippen LogP contribution is 2.13. The van der Waals surface area contributed by atoms with Gasteiger partial charge in [-0.3, -0.25) is 4.79 Å². The van der Waals surface area contributed by atoms with Gasteiger partial charge in [-0.2, -0.15) is 0 Å². The second-order valence-electron chi connectivity index (χ2n) is 4.21. The molecule has 1 heteroatoms. The fourth-order valence-electron chi connectivity index (χ4n) is 1.31. The lowest BCUT2D eigenvalue weighted by Gasteiger charge is -2.07.